The average Bonchev–Trinajstić information content (AvgIpc) is 2.19. The van der Waals surface area contributed by atoms with E-state index in [-0.39, 0.29) is 6.61 Å². The zero-order valence-corrected chi connectivity index (χ0v) is 8.62. The van der Waals surface area contributed by atoms with Crippen LogP contribution in [0.25, 0.3) is 0 Å². The second-order valence-corrected chi connectivity index (χ2v) is 3.26. The fourth-order valence-corrected chi connectivity index (χ4v) is 1.18. The molecular formula is C10H11ClN2O. The van der Waals surface area contributed by atoms with E-state index >= 15 is 0 Å². The number of pyridine rings is 1. The summed E-state index contributed by atoms with van der Waals surface area (Å²) in [6.07, 6.45) is 6.68. The molecule has 0 amide bonds. The van der Waals surface area contributed by atoms with Crippen molar-refractivity contribution < 1.29 is 5.11 Å². The molecule has 0 spiro atoms. The number of aromatic nitrogens is 1. The van der Waals surface area contributed by atoms with Gasteiger partial charge in [-0.25, -0.2) is 4.98 Å². The molecule has 0 bridgehead atoms. The predicted molar refractivity (Wildman–Crippen MR) is 57.3 cm³/mol. The maximum absolute atomic E-state index is 8.98. The summed E-state index contributed by atoms with van der Waals surface area (Å²) in [5, 5.41) is 9.45. The van der Waals surface area contributed by atoms with Crippen LogP contribution in [0.15, 0.2) is 12.3 Å². The topological polar surface area (TPSA) is 36.4 Å². The predicted octanol–water partition coefficient (Wildman–Crippen LogP) is 1.30. The maximum atomic E-state index is 8.98. The molecule has 0 fully saturated rings. The Kier molecular flexibility index (Phi) is 3.75. The zero-order valence-electron chi connectivity index (χ0n) is 7.87. The summed E-state index contributed by atoms with van der Waals surface area (Å²) in [7, 11) is 1.83. The molecule has 0 saturated carbocycles. The van der Waals surface area contributed by atoms with Crippen LogP contribution in [0, 0.1) is 12.3 Å². The minimum Gasteiger partial charge on any atom is -0.392 e. The van der Waals surface area contributed by atoms with Crippen LogP contribution in [0.4, 0.5) is 5.82 Å². The zero-order chi connectivity index (χ0) is 10.6. The fourth-order valence-electron chi connectivity index (χ4n) is 1.02. The van der Waals surface area contributed by atoms with Crippen LogP contribution >= 0.6 is 11.6 Å². The molecule has 0 aliphatic rings. The first-order chi connectivity index (χ1) is 6.69. The molecule has 14 heavy (non-hydrogen) atoms. The number of aliphatic hydroxyl groups excluding tert-OH is 1. The van der Waals surface area contributed by atoms with Crippen LogP contribution in [0.3, 0.4) is 0 Å². The van der Waals surface area contributed by atoms with Crippen LogP contribution in [0.1, 0.15) is 5.56 Å². The summed E-state index contributed by atoms with van der Waals surface area (Å²) >= 11 is 5.80. The highest BCUT2D eigenvalue weighted by atomic mass is 35.5. The van der Waals surface area contributed by atoms with Crippen LogP contribution in [-0.4, -0.2) is 23.7 Å². The van der Waals surface area contributed by atoms with Crippen molar-refractivity contribution in [1.29, 1.82) is 0 Å². The van der Waals surface area contributed by atoms with Gasteiger partial charge < -0.3 is 10.0 Å². The van der Waals surface area contributed by atoms with Crippen molar-refractivity contribution in [2.45, 2.75) is 6.61 Å². The lowest BCUT2D eigenvalue weighted by molar-refractivity contribution is 0.282. The first kappa shape index (κ1) is 10.8. The van der Waals surface area contributed by atoms with Gasteiger partial charge in [-0.1, -0.05) is 17.5 Å². The second kappa shape index (κ2) is 4.85. The molecule has 0 saturated heterocycles. The third kappa shape index (κ3) is 2.38. The van der Waals surface area contributed by atoms with Gasteiger partial charge in [0.25, 0.3) is 0 Å². The van der Waals surface area contributed by atoms with Crippen molar-refractivity contribution in [1.82, 2.24) is 4.98 Å². The lowest BCUT2D eigenvalue weighted by Gasteiger charge is -2.15. The first-order valence-corrected chi connectivity index (χ1v) is 4.46. The van der Waals surface area contributed by atoms with Gasteiger partial charge in [0.1, 0.15) is 5.82 Å². The molecule has 1 heterocycles. The summed E-state index contributed by atoms with van der Waals surface area (Å²) in [6, 6.07) is 1.72. The number of anilines is 1. The molecule has 3 nitrogen and oxygen atoms in total. The molecule has 0 aliphatic carbocycles. The quantitative estimate of drug-likeness (QED) is 0.764. The maximum Gasteiger partial charge on any atom is 0.129 e. The lowest BCUT2D eigenvalue weighted by atomic mass is 10.2. The second-order valence-electron chi connectivity index (χ2n) is 2.85. The highest BCUT2D eigenvalue weighted by Crippen LogP contribution is 2.19. The third-order valence-electron chi connectivity index (χ3n) is 1.81. The summed E-state index contributed by atoms with van der Waals surface area (Å²) in [5.41, 5.74) is 0.653. The third-order valence-corrected chi connectivity index (χ3v) is 2.15. The molecule has 0 aromatic carbocycles. The average molecular weight is 211 g/mol. The number of hydrogen-bond donors (Lipinski definition) is 1. The van der Waals surface area contributed by atoms with Gasteiger partial charge in [0.15, 0.2) is 0 Å². The summed E-state index contributed by atoms with van der Waals surface area (Å²) in [4.78, 5) is 5.89. The molecule has 4 heteroatoms. The summed E-state index contributed by atoms with van der Waals surface area (Å²) in [5.74, 6) is 3.21. The summed E-state index contributed by atoms with van der Waals surface area (Å²) < 4.78 is 0. The number of terminal acetylenes is 1. The van der Waals surface area contributed by atoms with Crippen LogP contribution in [-0.2, 0) is 6.61 Å². The Balaban J connectivity index is 2.95. The number of halogens is 1. The van der Waals surface area contributed by atoms with E-state index in [9.17, 15) is 0 Å². The molecule has 1 aromatic rings. The minimum absolute atomic E-state index is 0.0990. The highest BCUT2D eigenvalue weighted by molar-refractivity contribution is 6.31. The van der Waals surface area contributed by atoms with E-state index in [1.807, 2.05) is 7.05 Å². The Morgan fingerprint density at radius 2 is 2.43 bits per heavy atom. The Hall–Kier alpha value is -1.24. The van der Waals surface area contributed by atoms with E-state index in [0.29, 0.717) is 22.9 Å². The molecule has 1 rings (SSSR count). The highest BCUT2D eigenvalue weighted by Gasteiger charge is 2.05. The molecule has 0 unspecified atom stereocenters. The molecule has 0 aliphatic heterocycles. The number of aliphatic hydroxyl groups is 1. The van der Waals surface area contributed by atoms with Crippen LogP contribution in [0.2, 0.25) is 5.02 Å². The first-order valence-electron chi connectivity index (χ1n) is 4.09. The SMILES string of the molecule is C#CCN(C)c1cc(CO)c(Cl)cn1. The number of rotatable bonds is 3. The fraction of sp³-hybridized carbons (Fsp3) is 0.300. The van der Waals surface area contributed by atoms with Crippen molar-refractivity contribution in [3.05, 3.63) is 22.8 Å². The van der Waals surface area contributed by atoms with E-state index in [1.54, 1.807) is 11.0 Å². The Bertz CT molecular complexity index is 360. The molecule has 1 N–H and O–H groups in total. The molecule has 74 valence electrons. The monoisotopic (exact) mass is 210 g/mol. The smallest absolute Gasteiger partial charge is 0.129 e. The Labute approximate surface area is 88.3 Å². The van der Waals surface area contributed by atoms with E-state index in [2.05, 4.69) is 10.9 Å². The van der Waals surface area contributed by atoms with Gasteiger partial charge in [-0.3, -0.25) is 0 Å². The Morgan fingerprint density at radius 1 is 1.71 bits per heavy atom. The molecular weight excluding hydrogens is 200 g/mol. The van der Waals surface area contributed by atoms with E-state index in [1.165, 1.54) is 6.20 Å². The number of hydrogen-bond acceptors (Lipinski definition) is 3. The van der Waals surface area contributed by atoms with Crippen LogP contribution < -0.4 is 4.90 Å². The van der Waals surface area contributed by atoms with Crippen molar-refractivity contribution >= 4 is 17.4 Å². The molecule has 1 aromatic heterocycles. The van der Waals surface area contributed by atoms with Gasteiger partial charge in [0.05, 0.1) is 18.2 Å². The van der Waals surface area contributed by atoms with Gasteiger partial charge in [0, 0.05) is 18.8 Å². The van der Waals surface area contributed by atoms with Crippen molar-refractivity contribution in [3.8, 4) is 12.3 Å². The van der Waals surface area contributed by atoms with Gasteiger partial charge in [-0.15, -0.1) is 6.42 Å². The van der Waals surface area contributed by atoms with Gasteiger partial charge in [-0.05, 0) is 6.07 Å². The number of nitrogens with zero attached hydrogens (tertiary/aromatic N) is 2. The van der Waals surface area contributed by atoms with Crippen molar-refractivity contribution in [2.24, 2.45) is 0 Å². The van der Waals surface area contributed by atoms with Gasteiger partial charge in [0.2, 0.25) is 0 Å². The molecule has 0 radical (unpaired) electrons. The lowest BCUT2D eigenvalue weighted by Crippen LogP contribution is -2.18. The standard InChI is InChI=1S/C10H11ClN2O/c1-3-4-13(2)10-5-8(7-14)9(11)6-12-10/h1,5-6,14H,4,7H2,2H3. The molecule has 0 atom stereocenters. The normalized spacial score (nSPS) is 9.57. The van der Waals surface area contributed by atoms with Crippen molar-refractivity contribution in [2.75, 3.05) is 18.5 Å². The van der Waals surface area contributed by atoms with E-state index < -0.39 is 0 Å². The largest absolute Gasteiger partial charge is 0.392 e. The van der Waals surface area contributed by atoms with Crippen LogP contribution in [0.5, 0.6) is 0 Å². The van der Waals surface area contributed by atoms with Gasteiger partial charge >= 0.3 is 0 Å². The summed E-state index contributed by atoms with van der Waals surface area (Å²) in [6.45, 7) is 0.373. The van der Waals surface area contributed by atoms with E-state index in [0.717, 1.165) is 0 Å². The Morgan fingerprint density at radius 3 is 3.00 bits per heavy atom. The van der Waals surface area contributed by atoms with Gasteiger partial charge in [-0.2, -0.15) is 0 Å². The van der Waals surface area contributed by atoms with Crippen molar-refractivity contribution in [3.63, 3.8) is 0 Å². The van der Waals surface area contributed by atoms with E-state index in [4.69, 9.17) is 23.1 Å². The minimum atomic E-state index is -0.0990.